The quantitative estimate of drug-likeness (QED) is 0.528. The third-order valence-corrected chi connectivity index (χ3v) is 2.00. The van der Waals surface area contributed by atoms with Gasteiger partial charge in [0, 0.05) is 11.4 Å². The molecule has 16 heavy (non-hydrogen) atoms. The van der Waals surface area contributed by atoms with E-state index in [4.69, 9.17) is 7.98 Å². The molecule has 0 aliphatic rings. The van der Waals surface area contributed by atoms with Crippen LogP contribution in [0.1, 0.15) is 0 Å². The maximum atomic E-state index is 6.00. The first kappa shape index (κ1) is 12.1. The van der Waals surface area contributed by atoms with Crippen molar-refractivity contribution >= 4 is 13.7 Å². The minimum absolute atomic E-state index is 0.848. The van der Waals surface area contributed by atoms with Crippen molar-refractivity contribution in [2.75, 3.05) is 4.81 Å². The van der Waals surface area contributed by atoms with Gasteiger partial charge in [-0.05, 0) is 24.3 Å². The maximum absolute atomic E-state index is 6.00. The number of para-hydroxylation sites is 1. The fourth-order valence-corrected chi connectivity index (χ4v) is 1.24. The molecule has 0 N–H and O–H groups in total. The summed E-state index contributed by atoms with van der Waals surface area (Å²) in [6, 6.07) is 9.72. The molecule has 0 saturated heterocycles. The van der Waals surface area contributed by atoms with Crippen molar-refractivity contribution in [2.45, 2.75) is 0 Å². The zero-order valence-corrected chi connectivity index (χ0v) is 9.21. The summed E-state index contributed by atoms with van der Waals surface area (Å²) in [4.78, 5) is 1.60. The second-order valence-corrected chi connectivity index (χ2v) is 3.13. The van der Waals surface area contributed by atoms with Gasteiger partial charge in [0.25, 0.3) is 0 Å². The van der Waals surface area contributed by atoms with Crippen LogP contribution in [0.2, 0.25) is 0 Å². The van der Waals surface area contributed by atoms with E-state index in [9.17, 15) is 0 Å². The minimum Gasteiger partial charge on any atom is -0.398 e. The lowest BCUT2D eigenvalue weighted by Crippen LogP contribution is -2.16. The molecule has 2 heteroatoms. The molecule has 1 nitrogen and oxygen atoms in total. The molecule has 1 aromatic carbocycles. The van der Waals surface area contributed by atoms with Gasteiger partial charge in [-0.25, -0.2) is 0 Å². The van der Waals surface area contributed by atoms with Crippen LogP contribution in [0.25, 0.3) is 0 Å². The van der Waals surface area contributed by atoms with E-state index in [1.54, 1.807) is 17.0 Å². The first-order valence-electron chi connectivity index (χ1n) is 5.01. The Morgan fingerprint density at radius 1 is 1.12 bits per heavy atom. The second kappa shape index (κ2) is 6.51. The molecule has 0 aliphatic heterocycles. The highest BCUT2D eigenvalue weighted by atomic mass is 15.0. The summed E-state index contributed by atoms with van der Waals surface area (Å²) in [5, 5.41) is 0. The van der Waals surface area contributed by atoms with Crippen LogP contribution in [-0.4, -0.2) is 7.98 Å². The van der Waals surface area contributed by atoms with Gasteiger partial charge in [-0.2, -0.15) is 0 Å². The van der Waals surface area contributed by atoms with Crippen molar-refractivity contribution in [1.82, 2.24) is 0 Å². The predicted octanol–water partition coefficient (Wildman–Crippen LogP) is 3.39. The van der Waals surface area contributed by atoms with Crippen LogP contribution in [0.4, 0.5) is 5.69 Å². The van der Waals surface area contributed by atoms with Crippen molar-refractivity contribution in [1.29, 1.82) is 0 Å². The molecular weight excluding hydrogens is 193 g/mol. The Kier molecular flexibility index (Phi) is 4.93. The van der Waals surface area contributed by atoms with Crippen LogP contribution in [-0.2, 0) is 0 Å². The van der Waals surface area contributed by atoms with E-state index >= 15 is 0 Å². The summed E-state index contributed by atoms with van der Waals surface area (Å²) in [5.74, 6) is 0. The van der Waals surface area contributed by atoms with E-state index in [-0.39, 0.29) is 0 Å². The third-order valence-electron chi connectivity index (χ3n) is 2.00. The van der Waals surface area contributed by atoms with Gasteiger partial charge in [0.05, 0.1) is 0 Å². The van der Waals surface area contributed by atoms with Crippen LogP contribution in [0.3, 0.4) is 0 Å². The molecule has 0 bridgehead atoms. The Morgan fingerprint density at radius 2 is 1.81 bits per heavy atom. The topological polar surface area (TPSA) is 3.24 Å². The highest BCUT2D eigenvalue weighted by Gasteiger charge is 2.01. The Balaban J connectivity index is 2.96. The number of nitrogens with zero attached hydrogens (tertiary/aromatic N) is 1. The Hall–Kier alpha value is -1.96. The minimum atomic E-state index is 0.848. The summed E-state index contributed by atoms with van der Waals surface area (Å²) in [6.07, 6.45) is 8.95. The van der Waals surface area contributed by atoms with Gasteiger partial charge in [-0.3, -0.25) is 0 Å². The molecule has 0 aromatic heterocycles. The number of allylic oxidation sites excluding steroid dienone is 5. The molecule has 2 radical (unpaired) electrons. The van der Waals surface area contributed by atoms with Gasteiger partial charge < -0.3 is 4.81 Å². The molecule has 0 atom stereocenters. The summed E-state index contributed by atoms with van der Waals surface area (Å²) < 4.78 is 0. The second-order valence-electron chi connectivity index (χ2n) is 3.13. The van der Waals surface area contributed by atoms with E-state index in [0.717, 1.165) is 11.4 Å². The van der Waals surface area contributed by atoms with Gasteiger partial charge in [0.1, 0.15) is 0 Å². The van der Waals surface area contributed by atoms with E-state index in [2.05, 4.69) is 13.2 Å². The number of hydrogen-bond acceptors (Lipinski definition) is 1. The zero-order valence-electron chi connectivity index (χ0n) is 9.21. The number of benzene rings is 1. The van der Waals surface area contributed by atoms with Gasteiger partial charge in [-0.1, -0.05) is 49.6 Å². The van der Waals surface area contributed by atoms with Crippen molar-refractivity contribution in [3.8, 4) is 0 Å². The molecule has 0 spiro atoms. The summed E-state index contributed by atoms with van der Waals surface area (Å²) >= 11 is 0. The fraction of sp³-hybridized carbons (Fsp3) is 0. The maximum Gasteiger partial charge on any atom is 0.234 e. The van der Waals surface area contributed by atoms with E-state index in [1.807, 2.05) is 48.6 Å². The molecule has 0 unspecified atom stereocenters. The molecule has 0 fully saturated rings. The average Bonchev–Trinajstić information content (AvgIpc) is 2.35. The predicted molar refractivity (Wildman–Crippen MR) is 72.3 cm³/mol. The van der Waals surface area contributed by atoms with E-state index in [0.29, 0.717) is 0 Å². The molecule has 78 valence electrons. The highest BCUT2D eigenvalue weighted by Crippen LogP contribution is 2.16. The number of anilines is 1. The highest BCUT2D eigenvalue weighted by molar-refractivity contribution is 6.20. The summed E-state index contributed by atoms with van der Waals surface area (Å²) in [6.45, 7) is 7.29. The monoisotopic (exact) mass is 207 g/mol. The van der Waals surface area contributed by atoms with Crippen LogP contribution < -0.4 is 4.81 Å². The molecule has 0 heterocycles. The first-order valence-corrected chi connectivity index (χ1v) is 5.01. The normalized spacial score (nSPS) is 11.4. The van der Waals surface area contributed by atoms with Crippen LogP contribution in [0, 0.1) is 0 Å². The van der Waals surface area contributed by atoms with Crippen molar-refractivity contribution in [3.05, 3.63) is 79.6 Å². The summed E-state index contributed by atoms with van der Waals surface area (Å²) in [7, 11) is 6.00. The lowest BCUT2D eigenvalue weighted by atomic mass is 10.1. The van der Waals surface area contributed by atoms with Crippen molar-refractivity contribution in [3.63, 3.8) is 0 Å². The molecule has 0 saturated carbocycles. The third kappa shape index (κ3) is 3.32. The van der Waals surface area contributed by atoms with Crippen LogP contribution in [0.5, 0.6) is 0 Å². The van der Waals surface area contributed by atoms with Gasteiger partial charge in [0.15, 0.2) is 0 Å². The first-order chi connectivity index (χ1) is 7.79. The van der Waals surface area contributed by atoms with Crippen LogP contribution >= 0.6 is 0 Å². The van der Waals surface area contributed by atoms with Crippen molar-refractivity contribution < 1.29 is 0 Å². The SMILES string of the molecule is [B]N(C(/C=C\C=C)=C/C=C)c1ccccc1. The molecule has 1 rings (SSSR count). The van der Waals surface area contributed by atoms with Gasteiger partial charge in [-0.15, -0.1) is 0 Å². The fourth-order valence-electron chi connectivity index (χ4n) is 1.24. The smallest absolute Gasteiger partial charge is 0.234 e. The Morgan fingerprint density at radius 3 is 2.38 bits per heavy atom. The zero-order chi connectivity index (χ0) is 11.8. The Labute approximate surface area is 98.5 Å². The van der Waals surface area contributed by atoms with Crippen molar-refractivity contribution in [2.24, 2.45) is 0 Å². The summed E-state index contributed by atoms with van der Waals surface area (Å²) in [5.41, 5.74) is 1.77. The molecule has 0 aliphatic carbocycles. The standard InChI is InChI=1S/C14H14BN/c1-3-5-10-13(9-4-2)16(15)14-11-7-6-8-12-14/h3-12H,1-2H2/b10-5-,13-9+. The van der Waals surface area contributed by atoms with E-state index < -0.39 is 0 Å². The van der Waals surface area contributed by atoms with E-state index in [1.165, 1.54) is 0 Å². The lowest BCUT2D eigenvalue weighted by Gasteiger charge is -2.21. The number of hydrogen-bond donors (Lipinski definition) is 0. The van der Waals surface area contributed by atoms with Gasteiger partial charge in [0.2, 0.25) is 7.98 Å². The molecule has 1 aromatic rings. The van der Waals surface area contributed by atoms with Crippen LogP contribution in [0.15, 0.2) is 79.6 Å². The lowest BCUT2D eigenvalue weighted by molar-refractivity contribution is 1.33. The molecular formula is C14H14BN. The molecule has 0 amide bonds. The largest absolute Gasteiger partial charge is 0.398 e. The Bertz CT molecular complexity index is 404. The number of rotatable bonds is 5. The van der Waals surface area contributed by atoms with Gasteiger partial charge >= 0.3 is 0 Å². The average molecular weight is 207 g/mol.